The second-order valence-corrected chi connectivity index (χ2v) is 4.82. The molecule has 0 saturated carbocycles. The molecule has 1 N–H and O–H groups in total. The van der Waals surface area contributed by atoms with E-state index in [0.717, 1.165) is 19.4 Å². The van der Waals surface area contributed by atoms with Crippen LogP contribution in [0.15, 0.2) is 0 Å². The number of nitrogens with zero attached hydrogens (tertiary/aromatic N) is 2. The smallest absolute Gasteiger partial charge is 0.329 e. The molecule has 86 valence electrons. The summed E-state index contributed by atoms with van der Waals surface area (Å²) in [6.07, 6.45) is 1.74. The van der Waals surface area contributed by atoms with Crippen molar-refractivity contribution in [3.63, 3.8) is 0 Å². The minimum atomic E-state index is -0.315. The molecule has 0 aliphatic carbocycles. The van der Waals surface area contributed by atoms with Gasteiger partial charge in [0.2, 0.25) is 0 Å². The Bertz CT molecular complexity index is 260. The van der Waals surface area contributed by atoms with Crippen molar-refractivity contribution in [2.24, 2.45) is 0 Å². The molecule has 0 spiro atoms. The van der Waals surface area contributed by atoms with Gasteiger partial charge in [-0.2, -0.15) is 0 Å². The number of imide groups is 1. The first-order valence-corrected chi connectivity index (χ1v) is 6.30. The number of alkyl halides is 1. The molecular formula is C9H16IN3O2. The second-order valence-electron chi connectivity index (χ2n) is 3.38. The fourth-order valence-electron chi connectivity index (χ4n) is 1.55. The number of amides is 4. The maximum atomic E-state index is 11.9. The zero-order chi connectivity index (χ0) is 11.4. The summed E-state index contributed by atoms with van der Waals surface area (Å²) >= 11 is 2.23. The highest BCUT2D eigenvalue weighted by Crippen LogP contribution is 2.18. The lowest BCUT2D eigenvalue weighted by Gasteiger charge is -2.36. The van der Waals surface area contributed by atoms with Crippen molar-refractivity contribution in [3.8, 4) is 0 Å². The zero-order valence-electron chi connectivity index (χ0n) is 8.99. The molecule has 6 heteroatoms. The fraction of sp³-hybridized carbons (Fsp3) is 0.778. The van der Waals surface area contributed by atoms with Crippen LogP contribution in [-0.4, -0.2) is 46.0 Å². The predicted molar refractivity (Wildman–Crippen MR) is 66.0 cm³/mol. The summed E-state index contributed by atoms with van der Waals surface area (Å²) in [6.45, 7) is 3.29. The van der Waals surface area contributed by atoms with Crippen molar-refractivity contribution in [2.75, 3.05) is 20.1 Å². The van der Waals surface area contributed by atoms with Gasteiger partial charge in [0.1, 0.15) is 0 Å². The standard InChI is InChI=1S/C9H16IN3O2/c1-3-7(10)12-5-4-6-13(9(12)15)8(14)11-2/h7H,3-6H2,1-2H3,(H,11,14). The molecular weight excluding hydrogens is 309 g/mol. The number of hydrogen-bond donors (Lipinski definition) is 1. The van der Waals surface area contributed by atoms with Gasteiger partial charge in [-0.15, -0.1) is 0 Å². The van der Waals surface area contributed by atoms with E-state index in [-0.39, 0.29) is 16.1 Å². The Morgan fingerprint density at radius 3 is 2.80 bits per heavy atom. The third-order valence-electron chi connectivity index (χ3n) is 2.39. The van der Waals surface area contributed by atoms with Crippen molar-refractivity contribution < 1.29 is 9.59 Å². The molecule has 15 heavy (non-hydrogen) atoms. The Morgan fingerprint density at radius 2 is 2.27 bits per heavy atom. The number of carbonyl (C=O) groups excluding carboxylic acids is 2. The van der Waals surface area contributed by atoms with E-state index in [1.54, 1.807) is 4.90 Å². The number of urea groups is 2. The molecule has 0 radical (unpaired) electrons. The molecule has 1 rings (SSSR count). The Hall–Kier alpha value is -0.530. The van der Waals surface area contributed by atoms with E-state index in [1.165, 1.54) is 11.9 Å². The lowest BCUT2D eigenvalue weighted by atomic mass is 10.3. The SMILES string of the molecule is CCC(I)N1CCCN(C(=O)NC)C1=O. The van der Waals surface area contributed by atoms with Gasteiger partial charge in [-0.25, -0.2) is 14.5 Å². The molecule has 4 amide bonds. The number of rotatable bonds is 2. The van der Waals surface area contributed by atoms with Gasteiger partial charge in [-0.05, 0) is 12.8 Å². The highest BCUT2D eigenvalue weighted by atomic mass is 127. The van der Waals surface area contributed by atoms with Crippen molar-refractivity contribution in [1.29, 1.82) is 0 Å². The minimum absolute atomic E-state index is 0.169. The second kappa shape index (κ2) is 5.53. The maximum Gasteiger partial charge on any atom is 0.329 e. The summed E-state index contributed by atoms with van der Waals surface area (Å²) in [5.74, 6) is 0. The molecule has 5 nitrogen and oxygen atoms in total. The summed E-state index contributed by atoms with van der Waals surface area (Å²) in [7, 11) is 1.54. The van der Waals surface area contributed by atoms with E-state index in [4.69, 9.17) is 0 Å². The lowest BCUT2D eigenvalue weighted by molar-refractivity contribution is 0.133. The highest BCUT2D eigenvalue weighted by molar-refractivity contribution is 14.1. The first-order valence-electron chi connectivity index (χ1n) is 5.05. The Labute approximate surface area is 103 Å². The average Bonchev–Trinajstić information content (AvgIpc) is 2.27. The molecule has 1 saturated heterocycles. The number of nitrogens with one attached hydrogen (secondary N) is 1. The zero-order valence-corrected chi connectivity index (χ0v) is 11.2. The number of halogens is 1. The van der Waals surface area contributed by atoms with Crippen LogP contribution < -0.4 is 5.32 Å². The predicted octanol–water partition coefficient (Wildman–Crippen LogP) is 1.62. The van der Waals surface area contributed by atoms with Crippen LogP contribution in [0.4, 0.5) is 9.59 Å². The third-order valence-corrected chi connectivity index (χ3v) is 3.94. The average molecular weight is 325 g/mol. The van der Waals surface area contributed by atoms with Crippen LogP contribution in [0.3, 0.4) is 0 Å². The molecule has 0 aromatic heterocycles. The number of hydrogen-bond acceptors (Lipinski definition) is 2. The Balaban J connectivity index is 2.71. The fourth-order valence-corrected chi connectivity index (χ4v) is 2.07. The van der Waals surface area contributed by atoms with E-state index >= 15 is 0 Å². The summed E-state index contributed by atoms with van der Waals surface area (Å²) in [5.41, 5.74) is 0. The molecule has 0 bridgehead atoms. The van der Waals surface area contributed by atoms with Crippen molar-refractivity contribution in [2.45, 2.75) is 23.8 Å². The maximum absolute atomic E-state index is 11.9. The topological polar surface area (TPSA) is 52.6 Å². The molecule has 0 aromatic carbocycles. The number of carbonyl (C=O) groups is 2. The van der Waals surface area contributed by atoms with Crippen LogP contribution in [-0.2, 0) is 0 Å². The molecule has 1 aliphatic heterocycles. The van der Waals surface area contributed by atoms with E-state index < -0.39 is 0 Å². The summed E-state index contributed by atoms with van der Waals surface area (Å²) in [6, 6.07) is -0.494. The first kappa shape index (κ1) is 12.5. The van der Waals surface area contributed by atoms with Crippen LogP contribution in [0.5, 0.6) is 0 Å². The largest absolute Gasteiger partial charge is 0.341 e. The molecule has 1 unspecified atom stereocenters. The van der Waals surface area contributed by atoms with Gasteiger partial charge in [0, 0.05) is 20.1 Å². The van der Waals surface area contributed by atoms with Crippen LogP contribution >= 0.6 is 22.6 Å². The quantitative estimate of drug-likeness (QED) is 0.477. The van der Waals surface area contributed by atoms with Crippen molar-refractivity contribution in [1.82, 2.24) is 15.1 Å². The summed E-state index contributed by atoms with van der Waals surface area (Å²) < 4.78 is 0.169. The van der Waals surface area contributed by atoms with Crippen LogP contribution in [0.1, 0.15) is 19.8 Å². The van der Waals surface area contributed by atoms with Crippen LogP contribution in [0.25, 0.3) is 0 Å². The van der Waals surface area contributed by atoms with Gasteiger partial charge in [0.15, 0.2) is 0 Å². The Kier molecular flexibility index (Phi) is 4.62. The molecule has 1 aliphatic rings. The molecule has 0 aromatic rings. The van der Waals surface area contributed by atoms with Gasteiger partial charge < -0.3 is 10.2 Å². The van der Waals surface area contributed by atoms with E-state index in [0.29, 0.717) is 6.54 Å². The van der Waals surface area contributed by atoms with Gasteiger partial charge in [-0.3, -0.25) is 0 Å². The van der Waals surface area contributed by atoms with E-state index in [9.17, 15) is 9.59 Å². The van der Waals surface area contributed by atoms with Crippen molar-refractivity contribution >= 4 is 34.7 Å². The van der Waals surface area contributed by atoms with Crippen LogP contribution in [0.2, 0.25) is 0 Å². The molecule has 1 heterocycles. The lowest BCUT2D eigenvalue weighted by Crippen LogP contribution is -2.55. The molecule has 1 fully saturated rings. The third kappa shape index (κ3) is 2.73. The minimum Gasteiger partial charge on any atom is -0.341 e. The van der Waals surface area contributed by atoms with Gasteiger partial charge >= 0.3 is 12.1 Å². The summed E-state index contributed by atoms with van der Waals surface area (Å²) in [5, 5.41) is 2.48. The monoisotopic (exact) mass is 325 g/mol. The van der Waals surface area contributed by atoms with Gasteiger partial charge in [0.05, 0.1) is 4.05 Å². The normalized spacial score (nSPS) is 19.0. The van der Waals surface area contributed by atoms with Crippen LogP contribution in [0, 0.1) is 0 Å². The van der Waals surface area contributed by atoms with Crippen molar-refractivity contribution in [3.05, 3.63) is 0 Å². The first-order chi connectivity index (χ1) is 7.11. The summed E-state index contributed by atoms with van der Waals surface area (Å²) in [4.78, 5) is 26.3. The highest BCUT2D eigenvalue weighted by Gasteiger charge is 2.32. The van der Waals surface area contributed by atoms with Gasteiger partial charge in [-0.1, -0.05) is 29.5 Å². The van der Waals surface area contributed by atoms with E-state index in [1.807, 2.05) is 6.92 Å². The molecule has 1 atom stereocenters. The van der Waals surface area contributed by atoms with E-state index in [2.05, 4.69) is 27.9 Å². The van der Waals surface area contributed by atoms with Gasteiger partial charge in [0.25, 0.3) is 0 Å². The Morgan fingerprint density at radius 1 is 1.60 bits per heavy atom.